The van der Waals surface area contributed by atoms with Gasteiger partial charge in [0.1, 0.15) is 0 Å². The Labute approximate surface area is 141 Å². The summed E-state index contributed by atoms with van der Waals surface area (Å²) in [6, 6.07) is 14.2. The number of amides is 2. The third-order valence-electron chi connectivity index (χ3n) is 3.27. The molecular formula is C16H19N3O4S. The van der Waals surface area contributed by atoms with E-state index in [2.05, 4.69) is 10.6 Å². The molecule has 2 aromatic rings. The summed E-state index contributed by atoms with van der Waals surface area (Å²) in [6.07, 6.45) is 0. The predicted octanol–water partition coefficient (Wildman–Crippen LogP) is 1.63. The molecule has 0 heterocycles. The summed E-state index contributed by atoms with van der Waals surface area (Å²) in [6.45, 7) is -0.0652. The average Bonchev–Trinajstić information content (AvgIpc) is 2.60. The van der Waals surface area contributed by atoms with E-state index >= 15 is 0 Å². The maximum Gasteiger partial charge on any atom is 0.319 e. The zero-order chi connectivity index (χ0) is 17.6. The number of nitrogens with zero attached hydrogens (tertiary/aromatic N) is 1. The number of aliphatic hydroxyl groups excluding tert-OH is 1. The van der Waals surface area contributed by atoms with Gasteiger partial charge in [0.2, 0.25) is 0 Å². The molecule has 0 aromatic heterocycles. The van der Waals surface area contributed by atoms with E-state index in [4.69, 9.17) is 5.11 Å². The van der Waals surface area contributed by atoms with Crippen molar-refractivity contribution in [1.29, 1.82) is 0 Å². The van der Waals surface area contributed by atoms with E-state index in [1.54, 1.807) is 42.5 Å². The number of anilines is 2. The molecule has 0 unspecified atom stereocenters. The largest absolute Gasteiger partial charge is 0.395 e. The van der Waals surface area contributed by atoms with E-state index < -0.39 is 16.1 Å². The summed E-state index contributed by atoms with van der Waals surface area (Å²) in [5, 5.41) is 13.6. The zero-order valence-electron chi connectivity index (χ0n) is 13.1. The number of benzene rings is 2. The summed E-state index contributed by atoms with van der Waals surface area (Å²) in [4.78, 5) is 11.7. The van der Waals surface area contributed by atoms with Gasteiger partial charge in [0, 0.05) is 19.3 Å². The fourth-order valence-corrected chi connectivity index (χ4v) is 3.26. The van der Waals surface area contributed by atoms with Crippen LogP contribution >= 0.6 is 0 Å². The third kappa shape index (κ3) is 4.24. The van der Waals surface area contributed by atoms with Crippen LogP contribution in [0.4, 0.5) is 16.2 Å². The number of urea groups is 1. The minimum absolute atomic E-state index is 0.0637. The summed E-state index contributed by atoms with van der Waals surface area (Å²) >= 11 is 0. The second-order valence-electron chi connectivity index (χ2n) is 4.94. The second kappa shape index (κ2) is 7.80. The van der Waals surface area contributed by atoms with E-state index in [9.17, 15) is 13.2 Å². The highest BCUT2D eigenvalue weighted by Crippen LogP contribution is 2.23. The monoisotopic (exact) mass is 349 g/mol. The number of hydrogen-bond acceptors (Lipinski definition) is 4. The molecule has 0 aliphatic heterocycles. The standard InChI is InChI=1S/C16H19N3O4S/c1-19(14-7-3-2-4-8-14)24(22,23)15-9-5-6-13(12-15)18-16(21)17-10-11-20/h2-9,12,20H,10-11H2,1H3,(H2,17,18,21). The minimum Gasteiger partial charge on any atom is -0.395 e. The lowest BCUT2D eigenvalue weighted by Gasteiger charge is -2.19. The molecule has 3 N–H and O–H groups in total. The molecular weight excluding hydrogens is 330 g/mol. The van der Waals surface area contributed by atoms with Crippen LogP contribution in [0.15, 0.2) is 59.5 Å². The van der Waals surface area contributed by atoms with Crippen LogP contribution in [0.3, 0.4) is 0 Å². The zero-order valence-corrected chi connectivity index (χ0v) is 14.0. The fraction of sp³-hybridized carbons (Fsp3) is 0.188. The van der Waals surface area contributed by atoms with Crippen LogP contribution < -0.4 is 14.9 Å². The molecule has 2 rings (SSSR count). The smallest absolute Gasteiger partial charge is 0.319 e. The quantitative estimate of drug-likeness (QED) is 0.738. The van der Waals surface area contributed by atoms with Crippen LogP contribution in [0.2, 0.25) is 0 Å². The summed E-state index contributed by atoms with van der Waals surface area (Å²) in [5.74, 6) is 0. The molecule has 2 aromatic carbocycles. The number of nitrogens with one attached hydrogen (secondary N) is 2. The Kier molecular flexibility index (Phi) is 5.78. The molecule has 0 fully saturated rings. The Balaban J connectivity index is 2.22. The van der Waals surface area contributed by atoms with Crippen molar-refractivity contribution in [2.24, 2.45) is 0 Å². The van der Waals surface area contributed by atoms with Gasteiger partial charge in [-0.1, -0.05) is 24.3 Å². The Hall–Kier alpha value is -2.58. The van der Waals surface area contributed by atoms with Crippen LogP contribution in [0, 0.1) is 0 Å². The SMILES string of the molecule is CN(c1ccccc1)S(=O)(=O)c1cccc(NC(=O)NCCO)c1. The first kappa shape index (κ1) is 17.8. The Morgan fingerprint density at radius 3 is 2.50 bits per heavy atom. The Morgan fingerprint density at radius 2 is 1.83 bits per heavy atom. The molecule has 2 amide bonds. The van der Waals surface area contributed by atoms with Crippen LogP contribution in [0.25, 0.3) is 0 Å². The molecule has 7 nitrogen and oxygen atoms in total. The first-order valence-corrected chi connectivity index (χ1v) is 8.69. The van der Waals surface area contributed by atoms with Crippen molar-refractivity contribution in [3.63, 3.8) is 0 Å². The van der Waals surface area contributed by atoms with Gasteiger partial charge in [-0.25, -0.2) is 13.2 Å². The van der Waals surface area contributed by atoms with E-state index in [-0.39, 0.29) is 18.0 Å². The number of carbonyl (C=O) groups is 1. The molecule has 0 aliphatic carbocycles. The van der Waals surface area contributed by atoms with Crippen molar-refractivity contribution in [1.82, 2.24) is 5.32 Å². The highest BCUT2D eigenvalue weighted by molar-refractivity contribution is 7.92. The van der Waals surface area contributed by atoms with Gasteiger partial charge in [0.25, 0.3) is 10.0 Å². The molecule has 0 atom stereocenters. The molecule has 128 valence electrons. The van der Waals surface area contributed by atoms with Crippen LogP contribution in [0.1, 0.15) is 0 Å². The first-order valence-electron chi connectivity index (χ1n) is 7.25. The van der Waals surface area contributed by atoms with Crippen molar-refractivity contribution in [3.8, 4) is 0 Å². The number of hydrogen-bond donors (Lipinski definition) is 3. The summed E-state index contributed by atoms with van der Waals surface area (Å²) in [5.41, 5.74) is 0.879. The van der Waals surface area contributed by atoms with Crippen LogP contribution in [-0.4, -0.2) is 39.8 Å². The lowest BCUT2D eigenvalue weighted by atomic mass is 10.3. The van der Waals surface area contributed by atoms with E-state index in [1.807, 2.05) is 0 Å². The maximum atomic E-state index is 12.7. The first-order chi connectivity index (χ1) is 11.4. The fourth-order valence-electron chi connectivity index (χ4n) is 2.01. The molecule has 24 heavy (non-hydrogen) atoms. The number of para-hydroxylation sites is 1. The highest BCUT2D eigenvalue weighted by atomic mass is 32.2. The van der Waals surface area contributed by atoms with Gasteiger partial charge in [0.15, 0.2) is 0 Å². The van der Waals surface area contributed by atoms with Gasteiger partial charge in [0.05, 0.1) is 17.2 Å². The van der Waals surface area contributed by atoms with Gasteiger partial charge in [-0.3, -0.25) is 4.31 Å². The molecule has 0 saturated carbocycles. The summed E-state index contributed by atoms with van der Waals surface area (Å²) < 4.78 is 26.6. The molecule has 0 bridgehead atoms. The normalized spacial score (nSPS) is 10.9. The maximum absolute atomic E-state index is 12.7. The lowest BCUT2D eigenvalue weighted by Crippen LogP contribution is -2.31. The second-order valence-corrected chi connectivity index (χ2v) is 6.91. The highest BCUT2D eigenvalue weighted by Gasteiger charge is 2.21. The van der Waals surface area contributed by atoms with Gasteiger partial charge >= 0.3 is 6.03 Å². The topological polar surface area (TPSA) is 98.7 Å². The van der Waals surface area contributed by atoms with Crippen molar-refractivity contribution in [3.05, 3.63) is 54.6 Å². The van der Waals surface area contributed by atoms with Gasteiger partial charge in [-0.15, -0.1) is 0 Å². The van der Waals surface area contributed by atoms with Crippen molar-refractivity contribution < 1.29 is 18.3 Å². The Morgan fingerprint density at radius 1 is 1.12 bits per heavy atom. The molecule has 0 radical (unpaired) electrons. The van der Waals surface area contributed by atoms with E-state index in [1.165, 1.54) is 23.5 Å². The Bertz CT molecular complexity index is 794. The van der Waals surface area contributed by atoms with Crippen LogP contribution in [-0.2, 0) is 10.0 Å². The van der Waals surface area contributed by atoms with Crippen LogP contribution in [0.5, 0.6) is 0 Å². The average molecular weight is 349 g/mol. The van der Waals surface area contributed by atoms with Gasteiger partial charge < -0.3 is 15.7 Å². The molecule has 0 spiro atoms. The van der Waals surface area contributed by atoms with Gasteiger partial charge in [-0.2, -0.15) is 0 Å². The van der Waals surface area contributed by atoms with Crippen molar-refractivity contribution in [2.45, 2.75) is 4.90 Å². The van der Waals surface area contributed by atoms with Crippen molar-refractivity contribution >= 4 is 27.4 Å². The predicted molar refractivity (Wildman–Crippen MR) is 92.6 cm³/mol. The number of rotatable bonds is 6. The van der Waals surface area contributed by atoms with Gasteiger partial charge in [-0.05, 0) is 30.3 Å². The lowest BCUT2D eigenvalue weighted by molar-refractivity contribution is 0.245. The number of aliphatic hydroxyl groups is 1. The minimum atomic E-state index is -3.75. The summed E-state index contributed by atoms with van der Waals surface area (Å²) in [7, 11) is -2.27. The number of sulfonamides is 1. The van der Waals surface area contributed by atoms with Crippen molar-refractivity contribution in [2.75, 3.05) is 29.8 Å². The van der Waals surface area contributed by atoms with E-state index in [0.29, 0.717) is 11.4 Å². The van der Waals surface area contributed by atoms with E-state index in [0.717, 1.165) is 0 Å². The third-order valence-corrected chi connectivity index (χ3v) is 5.05. The molecule has 0 saturated heterocycles. The molecule has 0 aliphatic rings. The number of carbonyl (C=O) groups excluding carboxylic acids is 1. The molecule has 8 heteroatoms.